The lowest BCUT2D eigenvalue weighted by Crippen LogP contribution is -2.28. The fourth-order valence-corrected chi connectivity index (χ4v) is 1.41. The Morgan fingerprint density at radius 3 is 2.67 bits per heavy atom. The topological polar surface area (TPSA) is 78.8 Å². The normalized spacial score (nSPS) is 11.9. The van der Waals surface area contributed by atoms with E-state index in [4.69, 9.17) is 9.84 Å². The minimum absolute atomic E-state index is 0.0559. The van der Waals surface area contributed by atoms with Crippen molar-refractivity contribution in [3.05, 3.63) is 35.9 Å². The Balaban J connectivity index is 2.11. The summed E-state index contributed by atoms with van der Waals surface area (Å²) in [7, 11) is 0. The van der Waals surface area contributed by atoms with E-state index in [1.807, 2.05) is 30.3 Å². The number of amides is 1. The van der Waals surface area contributed by atoms with E-state index >= 15 is 0 Å². The standard InChI is InChI=1S/C13H19NO4/c15-9-7-12(16)6-8-14-13(17)18-10-11-4-2-1-3-5-11/h1-5,12,15-16H,6-10H2,(H,14,17). The molecule has 0 spiro atoms. The van der Waals surface area contributed by atoms with Gasteiger partial charge in [0.05, 0.1) is 6.10 Å². The van der Waals surface area contributed by atoms with Gasteiger partial charge in [0.1, 0.15) is 6.61 Å². The van der Waals surface area contributed by atoms with Crippen LogP contribution in [0, 0.1) is 0 Å². The van der Waals surface area contributed by atoms with Gasteiger partial charge in [0.2, 0.25) is 0 Å². The highest BCUT2D eigenvalue weighted by molar-refractivity contribution is 5.67. The summed E-state index contributed by atoms with van der Waals surface area (Å²) in [5, 5.41) is 20.4. The third-order valence-corrected chi connectivity index (χ3v) is 2.42. The third kappa shape index (κ3) is 6.22. The molecule has 0 heterocycles. The first-order chi connectivity index (χ1) is 8.72. The van der Waals surface area contributed by atoms with Crippen LogP contribution in [0.3, 0.4) is 0 Å². The molecule has 1 rings (SSSR count). The summed E-state index contributed by atoms with van der Waals surface area (Å²) in [4.78, 5) is 11.3. The number of aliphatic hydroxyl groups excluding tert-OH is 2. The Morgan fingerprint density at radius 2 is 2.00 bits per heavy atom. The number of benzene rings is 1. The molecule has 1 unspecified atom stereocenters. The highest BCUT2D eigenvalue weighted by Gasteiger charge is 2.05. The van der Waals surface area contributed by atoms with Crippen molar-refractivity contribution in [2.75, 3.05) is 13.2 Å². The van der Waals surface area contributed by atoms with E-state index in [9.17, 15) is 9.90 Å². The quantitative estimate of drug-likeness (QED) is 0.678. The summed E-state index contributed by atoms with van der Waals surface area (Å²) >= 11 is 0. The molecule has 0 bridgehead atoms. The van der Waals surface area contributed by atoms with Gasteiger partial charge in [-0.05, 0) is 18.4 Å². The average Bonchev–Trinajstić information content (AvgIpc) is 2.38. The van der Waals surface area contributed by atoms with Gasteiger partial charge in [0.15, 0.2) is 0 Å². The predicted octanol–water partition coefficient (Wildman–Crippen LogP) is 1.05. The van der Waals surface area contributed by atoms with Crippen LogP contribution < -0.4 is 5.32 Å². The first kappa shape index (κ1) is 14.5. The number of rotatable bonds is 7. The van der Waals surface area contributed by atoms with Crippen LogP contribution in [0.1, 0.15) is 18.4 Å². The number of aliphatic hydroxyl groups is 2. The van der Waals surface area contributed by atoms with Crippen molar-refractivity contribution in [2.45, 2.75) is 25.6 Å². The van der Waals surface area contributed by atoms with Gasteiger partial charge in [-0.15, -0.1) is 0 Å². The van der Waals surface area contributed by atoms with E-state index in [0.717, 1.165) is 5.56 Å². The third-order valence-electron chi connectivity index (χ3n) is 2.42. The van der Waals surface area contributed by atoms with E-state index in [-0.39, 0.29) is 13.2 Å². The molecule has 0 fully saturated rings. The van der Waals surface area contributed by atoms with Gasteiger partial charge in [-0.2, -0.15) is 0 Å². The van der Waals surface area contributed by atoms with Crippen LogP contribution in [-0.4, -0.2) is 35.6 Å². The van der Waals surface area contributed by atoms with Gasteiger partial charge in [0, 0.05) is 13.2 Å². The minimum Gasteiger partial charge on any atom is -0.445 e. The Morgan fingerprint density at radius 1 is 1.28 bits per heavy atom. The van der Waals surface area contributed by atoms with Gasteiger partial charge in [0.25, 0.3) is 0 Å². The largest absolute Gasteiger partial charge is 0.445 e. The van der Waals surface area contributed by atoms with Gasteiger partial charge < -0.3 is 20.3 Å². The molecule has 5 heteroatoms. The van der Waals surface area contributed by atoms with E-state index in [2.05, 4.69) is 5.32 Å². The summed E-state index contributed by atoms with van der Waals surface area (Å²) in [5.41, 5.74) is 0.924. The zero-order valence-corrected chi connectivity index (χ0v) is 10.2. The minimum atomic E-state index is -0.593. The Hall–Kier alpha value is -1.59. The maximum absolute atomic E-state index is 11.3. The molecule has 1 aromatic carbocycles. The van der Waals surface area contributed by atoms with Crippen molar-refractivity contribution in [3.8, 4) is 0 Å². The monoisotopic (exact) mass is 253 g/mol. The van der Waals surface area contributed by atoms with Crippen molar-refractivity contribution in [1.29, 1.82) is 0 Å². The molecule has 5 nitrogen and oxygen atoms in total. The molecule has 0 saturated carbocycles. The first-order valence-corrected chi connectivity index (χ1v) is 5.96. The van der Waals surface area contributed by atoms with Crippen molar-refractivity contribution >= 4 is 6.09 Å². The van der Waals surface area contributed by atoms with E-state index in [1.54, 1.807) is 0 Å². The lowest BCUT2D eigenvalue weighted by Gasteiger charge is -2.10. The number of nitrogens with one attached hydrogen (secondary N) is 1. The van der Waals surface area contributed by atoms with Gasteiger partial charge >= 0.3 is 6.09 Å². The smallest absolute Gasteiger partial charge is 0.407 e. The summed E-state index contributed by atoms with van der Waals surface area (Å²) in [5.74, 6) is 0. The Bertz CT molecular complexity index is 342. The summed E-state index contributed by atoms with van der Waals surface area (Å²) in [6, 6.07) is 9.40. The molecular formula is C13H19NO4. The second kappa shape index (κ2) is 8.49. The highest BCUT2D eigenvalue weighted by atomic mass is 16.5. The molecule has 100 valence electrons. The fourth-order valence-electron chi connectivity index (χ4n) is 1.41. The van der Waals surface area contributed by atoms with E-state index in [1.165, 1.54) is 0 Å². The van der Waals surface area contributed by atoms with Crippen LogP contribution in [0.15, 0.2) is 30.3 Å². The van der Waals surface area contributed by atoms with Crippen molar-refractivity contribution in [3.63, 3.8) is 0 Å². The molecule has 1 aromatic rings. The second-order valence-corrected chi connectivity index (χ2v) is 3.94. The van der Waals surface area contributed by atoms with Gasteiger partial charge in [-0.25, -0.2) is 4.79 Å². The molecule has 1 atom stereocenters. The number of hydrogen-bond donors (Lipinski definition) is 3. The zero-order valence-electron chi connectivity index (χ0n) is 10.2. The lowest BCUT2D eigenvalue weighted by atomic mass is 10.2. The average molecular weight is 253 g/mol. The van der Waals surface area contributed by atoms with Crippen LogP contribution in [0.5, 0.6) is 0 Å². The maximum Gasteiger partial charge on any atom is 0.407 e. The van der Waals surface area contributed by atoms with E-state index < -0.39 is 12.2 Å². The molecule has 0 aliphatic carbocycles. The molecule has 18 heavy (non-hydrogen) atoms. The molecule has 3 N–H and O–H groups in total. The second-order valence-electron chi connectivity index (χ2n) is 3.94. The summed E-state index contributed by atoms with van der Waals surface area (Å²) in [6.45, 7) is 0.500. The first-order valence-electron chi connectivity index (χ1n) is 5.96. The molecule has 1 amide bonds. The molecule has 0 radical (unpaired) electrons. The predicted molar refractivity (Wildman–Crippen MR) is 67.0 cm³/mol. The highest BCUT2D eigenvalue weighted by Crippen LogP contribution is 2.00. The van der Waals surface area contributed by atoms with Crippen LogP contribution in [0.4, 0.5) is 4.79 Å². The molecule has 0 aliphatic heterocycles. The number of alkyl carbamates (subject to hydrolysis) is 1. The lowest BCUT2D eigenvalue weighted by molar-refractivity contribution is 0.118. The fraction of sp³-hybridized carbons (Fsp3) is 0.462. The number of carbonyl (C=O) groups is 1. The van der Waals surface area contributed by atoms with Gasteiger partial charge in [-0.3, -0.25) is 0 Å². The van der Waals surface area contributed by atoms with Gasteiger partial charge in [-0.1, -0.05) is 30.3 Å². The van der Waals surface area contributed by atoms with Crippen molar-refractivity contribution < 1.29 is 19.7 Å². The van der Waals surface area contributed by atoms with Crippen molar-refractivity contribution in [2.24, 2.45) is 0 Å². The van der Waals surface area contributed by atoms with Crippen LogP contribution in [0.25, 0.3) is 0 Å². The summed E-state index contributed by atoms with van der Waals surface area (Å²) in [6.07, 6.45) is -0.374. The van der Waals surface area contributed by atoms with Crippen molar-refractivity contribution in [1.82, 2.24) is 5.32 Å². The zero-order chi connectivity index (χ0) is 13.2. The summed E-state index contributed by atoms with van der Waals surface area (Å²) < 4.78 is 4.99. The molecule has 0 saturated heterocycles. The molecule has 0 aromatic heterocycles. The SMILES string of the molecule is O=C(NCCC(O)CCO)OCc1ccccc1. The van der Waals surface area contributed by atoms with Crippen LogP contribution >= 0.6 is 0 Å². The maximum atomic E-state index is 11.3. The number of carbonyl (C=O) groups excluding carboxylic acids is 1. The van der Waals surface area contributed by atoms with Crippen LogP contribution in [-0.2, 0) is 11.3 Å². The van der Waals surface area contributed by atoms with Crippen LogP contribution in [0.2, 0.25) is 0 Å². The molecular weight excluding hydrogens is 234 g/mol. The number of ether oxygens (including phenoxy) is 1. The number of hydrogen-bond acceptors (Lipinski definition) is 4. The Kier molecular flexibility index (Phi) is 6.83. The Labute approximate surface area is 106 Å². The molecule has 0 aliphatic rings. The van der Waals surface area contributed by atoms with E-state index in [0.29, 0.717) is 19.4 Å².